The van der Waals surface area contributed by atoms with Gasteiger partial charge in [0, 0.05) is 0 Å². The Balaban J connectivity index is 1.38. The summed E-state index contributed by atoms with van der Waals surface area (Å²) < 4.78 is 49.6. The maximum Gasteiger partial charge on any atom is 0.483 e. The van der Waals surface area contributed by atoms with Gasteiger partial charge < -0.3 is 60.7 Å². The molecule has 0 aliphatic carbocycles. The minimum Gasteiger partial charge on any atom is -0.394 e. The zero-order valence-corrected chi connectivity index (χ0v) is 21.8. The number of phosphoric ester groups is 2. The molecule has 2 aromatic heterocycles. The molecule has 0 amide bonds. The van der Waals surface area contributed by atoms with Crippen molar-refractivity contribution < 1.29 is 77.5 Å². The van der Waals surface area contributed by atoms with Crippen molar-refractivity contribution in [3.8, 4) is 0 Å². The van der Waals surface area contributed by atoms with Crippen LogP contribution >= 0.6 is 15.6 Å². The summed E-state index contributed by atoms with van der Waals surface area (Å²) in [5, 5.41) is 69.3. The molecule has 4 heterocycles. The molecule has 2 saturated heterocycles. The quantitative estimate of drug-likeness (QED) is 0.112. The molecule has 23 heteroatoms. The van der Waals surface area contributed by atoms with Crippen LogP contribution in [-0.4, -0.2) is 133 Å². The average Bonchev–Trinajstić information content (AvgIpc) is 3.43. The number of imidazole rings is 1. The summed E-state index contributed by atoms with van der Waals surface area (Å²) in [5.41, 5.74) is 6.03. The van der Waals surface area contributed by atoms with Gasteiger partial charge in [-0.3, -0.25) is 13.6 Å². The van der Waals surface area contributed by atoms with Crippen molar-refractivity contribution in [2.75, 3.05) is 18.9 Å². The molecule has 2 aliphatic rings. The maximum atomic E-state index is 12.3. The van der Waals surface area contributed by atoms with Crippen molar-refractivity contribution in [2.24, 2.45) is 0 Å². The molecule has 0 aromatic carbocycles. The number of fused-ring (bicyclic) bond motifs is 1. The smallest absolute Gasteiger partial charge is 0.394 e. The summed E-state index contributed by atoms with van der Waals surface area (Å²) in [6.45, 7) is -1.95. The lowest BCUT2D eigenvalue weighted by molar-refractivity contribution is -0.292. The number of nitrogens with two attached hydrogens (primary N) is 1. The number of hydrogen-bond donors (Lipinski definition) is 10. The number of nitrogens with zero attached hydrogens (tertiary/aromatic N) is 4. The molecule has 11 N–H and O–H groups in total. The van der Waals surface area contributed by atoms with Crippen LogP contribution in [0.15, 0.2) is 12.7 Å². The Morgan fingerprint density at radius 3 is 2.35 bits per heavy atom. The standard InChI is InChI=1S/C17H27N5O16P2/c18-14-7-15(20-3-19-14)22(4-21-7)16-11(28)8(25)6(35-16)2-34-39(30,31)38-40(32,33)37-17-12(29)9(26)10(27)13(36-17)5(24)1-23/h3-6,8-13,16-17,23-29H,1-2H2,(H,30,31)(H,32,33)(H2,18,19,20)/t5-,6+,8+,9-,10-,11+,12-,13+,16+,17?/m0/s1. The fourth-order valence-corrected chi connectivity index (χ4v) is 6.17. The monoisotopic (exact) mass is 619 g/mol. The molecular formula is C17H27N5O16P2. The number of ether oxygens (including phenoxy) is 2. The number of aliphatic hydroxyl groups is 7. The second-order valence-electron chi connectivity index (χ2n) is 8.74. The molecule has 3 unspecified atom stereocenters. The first-order valence-electron chi connectivity index (χ1n) is 11.3. The highest BCUT2D eigenvalue weighted by atomic mass is 31.3. The van der Waals surface area contributed by atoms with Crippen molar-refractivity contribution in [3.05, 3.63) is 12.7 Å². The molecule has 2 aromatic rings. The van der Waals surface area contributed by atoms with Gasteiger partial charge in [-0.25, -0.2) is 24.1 Å². The van der Waals surface area contributed by atoms with E-state index in [1.54, 1.807) is 0 Å². The van der Waals surface area contributed by atoms with E-state index in [0.29, 0.717) is 0 Å². The molecule has 21 nitrogen and oxygen atoms in total. The number of nitrogen functional groups attached to an aromatic ring is 1. The zero-order valence-electron chi connectivity index (χ0n) is 20.0. The molecule has 0 bridgehead atoms. The van der Waals surface area contributed by atoms with Crippen LogP contribution in [0.3, 0.4) is 0 Å². The Morgan fingerprint density at radius 1 is 0.975 bits per heavy atom. The van der Waals surface area contributed by atoms with E-state index < -0.39 is 90.2 Å². The summed E-state index contributed by atoms with van der Waals surface area (Å²) >= 11 is 0. The minimum atomic E-state index is -5.65. The van der Waals surface area contributed by atoms with E-state index >= 15 is 0 Å². The highest BCUT2D eigenvalue weighted by Crippen LogP contribution is 2.61. The lowest BCUT2D eigenvalue weighted by Crippen LogP contribution is -2.61. The summed E-state index contributed by atoms with van der Waals surface area (Å²) in [6, 6.07) is 0. The second-order valence-corrected chi connectivity index (χ2v) is 11.7. The van der Waals surface area contributed by atoms with E-state index in [4.69, 9.17) is 20.3 Å². The van der Waals surface area contributed by atoms with Crippen molar-refractivity contribution >= 4 is 32.6 Å². The first-order valence-corrected chi connectivity index (χ1v) is 14.3. The van der Waals surface area contributed by atoms with Crippen LogP contribution in [-0.2, 0) is 32.0 Å². The van der Waals surface area contributed by atoms with Crippen molar-refractivity contribution in [3.63, 3.8) is 0 Å². The fraction of sp³-hybridized carbons (Fsp3) is 0.706. The Bertz CT molecular complexity index is 1290. The number of aromatic nitrogens is 4. The van der Waals surface area contributed by atoms with Gasteiger partial charge in [0.05, 0.1) is 19.5 Å². The van der Waals surface area contributed by atoms with Crippen molar-refractivity contribution in [1.29, 1.82) is 0 Å². The molecular weight excluding hydrogens is 592 g/mol. The van der Waals surface area contributed by atoms with Gasteiger partial charge >= 0.3 is 15.6 Å². The number of aliphatic hydroxyl groups excluding tert-OH is 7. The van der Waals surface area contributed by atoms with Crippen LogP contribution in [0.1, 0.15) is 6.23 Å². The van der Waals surface area contributed by atoms with E-state index in [-0.39, 0.29) is 17.0 Å². The second kappa shape index (κ2) is 11.9. The number of phosphoric acid groups is 2. The van der Waals surface area contributed by atoms with E-state index in [1.165, 1.54) is 10.9 Å². The fourth-order valence-electron chi connectivity index (χ4n) is 4.01. The molecule has 12 atom stereocenters. The Labute approximate surface area is 223 Å². The Kier molecular flexibility index (Phi) is 9.25. The van der Waals surface area contributed by atoms with Gasteiger partial charge in [0.1, 0.15) is 60.7 Å². The topological polar surface area (TPSA) is 332 Å². The molecule has 40 heavy (non-hydrogen) atoms. The average molecular weight is 619 g/mol. The van der Waals surface area contributed by atoms with Crippen LogP contribution in [0.5, 0.6) is 0 Å². The largest absolute Gasteiger partial charge is 0.483 e. The zero-order chi connectivity index (χ0) is 29.6. The van der Waals surface area contributed by atoms with E-state index in [2.05, 4.69) is 28.3 Å². The van der Waals surface area contributed by atoms with E-state index in [0.717, 1.165) is 6.33 Å². The van der Waals surface area contributed by atoms with Gasteiger partial charge in [-0.2, -0.15) is 4.31 Å². The number of hydrogen-bond acceptors (Lipinski definition) is 18. The van der Waals surface area contributed by atoms with Gasteiger partial charge in [-0.1, -0.05) is 0 Å². The predicted molar refractivity (Wildman–Crippen MR) is 123 cm³/mol. The lowest BCUT2D eigenvalue weighted by Gasteiger charge is -2.41. The molecule has 2 fully saturated rings. The van der Waals surface area contributed by atoms with Crippen LogP contribution in [0.25, 0.3) is 11.2 Å². The van der Waals surface area contributed by atoms with Gasteiger partial charge in [-0.15, -0.1) is 0 Å². The Morgan fingerprint density at radius 2 is 1.68 bits per heavy atom. The van der Waals surface area contributed by atoms with E-state index in [1.807, 2.05) is 0 Å². The van der Waals surface area contributed by atoms with Crippen LogP contribution in [0, 0.1) is 0 Å². The predicted octanol–water partition coefficient (Wildman–Crippen LogP) is -4.56. The molecule has 0 saturated carbocycles. The van der Waals surface area contributed by atoms with E-state index in [9.17, 15) is 49.6 Å². The van der Waals surface area contributed by atoms with Crippen LogP contribution in [0.2, 0.25) is 0 Å². The molecule has 4 rings (SSSR count). The molecule has 0 radical (unpaired) electrons. The first-order chi connectivity index (χ1) is 18.7. The van der Waals surface area contributed by atoms with Crippen LogP contribution in [0.4, 0.5) is 5.82 Å². The SMILES string of the molecule is Nc1ncnc2c1ncn2[C@@H]1O[C@H](COP(=O)(O)OP(=O)(O)OC2O[C@H]([C@@H](O)CO)[C@@H](O)[C@H](O)[C@@H]2O)[C@@H](O)[C@H]1O. The van der Waals surface area contributed by atoms with Gasteiger partial charge in [-0.05, 0) is 0 Å². The summed E-state index contributed by atoms with van der Waals surface area (Å²) in [5.74, 6) is 0.0302. The highest BCUT2D eigenvalue weighted by molar-refractivity contribution is 7.61. The van der Waals surface area contributed by atoms with Gasteiger partial charge in [0.25, 0.3) is 0 Å². The molecule has 226 valence electrons. The first kappa shape index (κ1) is 31.2. The third-order valence-electron chi connectivity index (χ3n) is 6.02. The van der Waals surface area contributed by atoms with Crippen molar-refractivity contribution in [1.82, 2.24) is 19.5 Å². The van der Waals surface area contributed by atoms with Crippen LogP contribution < -0.4 is 5.73 Å². The minimum absolute atomic E-state index is 0.0302. The molecule has 2 aliphatic heterocycles. The summed E-state index contributed by atoms with van der Waals surface area (Å²) in [7, 11) is -11.2. The van der Waals surface area contributed by atoms with Crippen molar-refractivity contribution in [2.45, 2.75) is 61.3 Å². The number of anilines is 1. The lowest BCUT2D eigenvalue weighted by atomic mass is 9.96. The molecule has 0 spiro atoms. The van der Waals surface area contributed by atoms with Gasteiger partial charge in [0.2, 0.25) is 0 Å². The number of rotatable bonds is 10. The summed E-state index contributed by atoms with van der Waals surface area (Å²) in [6.07, 6.45) is -16.0. The van der Waals surface area contributed by atoms with Gasteiger partial charge in [0.15, 0.2) is 24.0 Å². The normalized spacial score (nSPS) is 36.8. The summed E-state index contributed by atoms with van der Waals surface area (Å²) in [4.78, 5) is 31.6. The third kappa shape index (κ3) is 6.35. The Hall–Kier alpha value is -1.75. The maximum absolute atomic E-state index is 12.3. The third-order valence-corrected chi connectivity index (χ3v) is 8.62. The highest BCUT2D eigenvalue weighted by Gasteiger charge is 2.51.